The van der Waals surface area contributed by atoms with Gasteiger partial charge >= 0.3 is 6.18 Å². The standard InChI is InChI=1S/C12H11F3N2/c13-12(14,15)9-1-2-10(11(16)7-9)8-3-5-17-6-4-8/h1-3,5,7H,4,6,16H2. The Morgan fingerprint density at radius 3 is 2.53 bits per heavy atom. The summed E-state index contributed by atoms with van der Waals surface area (Å²) in [6, 6.07) is 3.45. The second-order valence-electron chi connectivity index (χ2n) is 3.80. The maximum Gasteiger partial charge on any atom is 0.416 e. The minimum atomic E-state index is -4.35. The van der Waals surface area contributed by atoms with Gasteiger partial charge < -0.3 is 5.73 Å². The highest BCUT2D eigenvalue weighted by Gasteiger charge is 2.30. The van der Waals surface area contributed by atoms with E-state index in [0.29, 0.717) is 18.5 Å². The third-order valence-electron chi connectivity index (χ3n) is 2.62. The first-order valence-electron chi connectivity index (χ1n) is 5.14. The fourth-order valence-corrected chi connectivity index (χ4v) is 1.74. The Bertz CT molecular complexity index is 487. The monoisotopic (exact) mass is 240 g/mol. The van der Waals surface area contributed by atoms with Crippen LogP contribution in [0, 0.1) is 0 Å². The minimum absolute atomic E-state index is 0.154. The third kappa shape index (κ3) is 2.49. The molecular weight excluding hydrogens is 229 g/mol. The molecular formula is C12H11F3N2. The molecule has 2 N–H and O–H groups in total. The number of hydrogen-bond donors (Lipinski definition) is 1. The van der Waals surface area contributed by atoms with E-state index in [4.69, 9.17) is 5.73 Å². The number of dihydropyridines is 1. The number of alkyl halides is 3. The fraction of sp³-hybridized carbons (Fsp3) is 0.250. The van der Waals surface area contributed by atoms with Crippen LogP contribution in [0.2, 0.25) is 0 Å². The highest BCUT2D eigenvalue weighted by Crippen LogP contribution is 2.33. The molecule has 1 heterocycles. The summed E-state index contributed by atoms with van der Waals surface area (Å²) in [6.07, 6.45) is -0.223. The van der Waals surface area contributed by atoms with Crippen LogP contribution in [0.3, 0.4) is 0 Å². The van der Waals surface area contributed by atoms with Crippen molar-refractivity contribution < 1.29 is 13.2 Å². The Balaban J connectivity index is 2.38. The largest absolute Gasteiger partial charge is 0.416 e. The highest BCUT2D eigenvalue weighted by atomic mass is 19.4. The van der Waals surface area contributed by atoms with Crippen molar-refractivity contribution in [3.8, 4) is 0 Å². The van der Waals surface area contributed by atoms with Crippen LogP contribution in [0.25, 0.3) is 5.57 Å². The van der Waals surface area contributed by atoms with Crippen LogP contribution < -0.4 is 5.73 Å². The second kappa shape index (κ2) is 4.24. The van der Waals surface area contributed by atoms with Crippen molar-refractivity contribution in [1.29, 1.82) is 0 Å². The van der Waals surface area contributed by atoms with Gasteiger partial charge in [-0.25, -0.2) is 0 Å². The quantitative estimate of drug-likeness (QED) is 0.752. The van der Waals surface area contributed by atoms with Gasteiger partial charge in [0.25, 0.3) is 0 Å². The molecule has 90 valence electrons. The van der Waals surface area contributed by atoms with Crippen LogP contribution in [0.15, 0.2) is 29.3 Å². The summed E-state index contributed by atoms with van der Waals surface area (Å²) < 4.78 is 37.4. The predicted molar refractivity (Wildman–Crippen MR) is 61.8 cm³/mol. The molecule has 0 radical (unpaired) electrons. The number of allylic oxidation sites excluding steroid dienone is 1. The summed E-state index contributed by atoms with van der Waals surface area (Å²) >= 11 is 0. The van der Waals surface area contributed by atoms with Crippen LogP contribution in [0.1, 0.15) is 17.5 Å². The smallest absolute Gasteiger partial charge is 0.398 e. The first kappa shape index (κ1) is 11.7. The lowest BCUT2D eigenvalue weighted by molar-refractivity contribution is -0.137. The van der Waals surface area contributed by atoms with Crippen molar-refractivity contribution in [2.24, 2.45) is 4.99 Å². The number of rotatable bonds is 1. The molecule has 0 unspecified atom stereocenters. The van der Waals surface area contributed by atoms with E-state index in [1.807, 2.05) is 0 Å². The zero-order chi connectivity index (χ0) is 12.5. The topological polar surface area (TPSA) is 38.4 Å². The van der Waals surface area contributed by atoms with Gasteiger partial charge in [0.2, 0.25) is 0 Å². The zero-order valence-corrected chi connectivity index (χ0v) is 8.96. The molecule has 2 rings (SSSR count). The van der Waals surface area contributed by atoms with Crippen LogP contribution >= 0.6 is 0 Å². The lowest BCUT2D eigenvalue weighted by Gasteiger charge is -2.14. The van der Waals surface area contributed by atoms with E-state index in [-0.39, 0.29) is 5.69 Å². The molecule has 1 aliphatic rings. The molecule has 1 aromatic rings. The summed E-state index contributed by atoms with van der Waals surface area (Å²) in [5, 5.41) is 0. The number of halogens is 3. The molecule has 0 saturated carbocycles. The van der Waals surface area contributed by atoms with E-state index in [1.165, 1.54) is 6.07 Å². The summed E-state index contributed by atoms with van der Waals surface area (Å²) in [5.41, 5.74) is 6.68. The third-order valence-corrected chi connectivity index (χ3v) is 2.62. The van der Waals surface area contributed by atoms with Crippen molar-refractivity contribution in [2.75, 3.05) is 12.3 Å². The summed E-state index contributed by atoms with van der Waals surface area (Å²) in [6.45, 7) is 0.645. The molecule has 0 spiro atoms. The SMILES string of the molecule is Nc1cc(C(F)(F)F)ccc1C1=CC=NCC1. The Morgan fingerprint density at radius 1 is 1.24 bits per heavy atom. The number of nitrogens with two attached hydrogens (primary N) is 1. The second-order valence-corrected chi connectivity index (χ2v) is 3.80. The molecule has 0 aromatic heterocycles. The van der Waals surface area contributed by atoms with Gasteiger partial charge in [-0.1, -0.05) is 6.07 Å². The normalized spacial score (nSPS) is 15.8. The van der Waals surface area contributed by atoms with Gasteiger partial charge in [0, 0.05) is 24.0 Å². The highest BCUT2D eigenvalue weighted by molar-refractivity contribution is 5.89. The van der Waals surface area contributed by atoms with E-state index in [0.717, 1.165) is 17.7 Å². The number of nitrogen functional groups attached to an aromatic ring is 1. The summed E-state index contributed by atoms with van der Waals surface area (Å²) in [4.78, 5) is 4.02. The average Bonchev–Trinajstić information content (AvgIpc) is 2.29. The van der Waals surface area contributed by atoms with E-state index >= 15 is 0 Å². The van der Waals surface area contributed by atoms with Gasteiger partial charge in [0.1, 0.15) is 0 Å². The molecule has 1 aliphatic heterocycles. The Hall–Kier alpha value is -1.78. The van der Waals surface area contributed by atoms with Gasteiger partial charge in [-0.2, -0.15) is 13.2 Å². The van der Waals surface area contributed by atoms with Crippen molar-refractivity contribution in [3.63, 3.8) is 0 Å². The molecule has 0 bridgehead atoms. The molecule has 0 amide bonds. The van der Waals surface area contributed by atoms with E-state index < -0.39 is 11.7 Å². The lowest BCUT2D eigenvalue weighted by Crippen LogP contribution is -2.07. The number of nitrogens with zero attached hydrogens (tertiary/aromatic N) is 1. The van der Waals surface area contributed by atoms with E-state index in [9.17, 15) is 13.2 Å². The Kier molecular flexibility index (Phi) is 2.92. The van der Waals surface area contributed by atoms with Gasteiger partial charge in [-0.05, 0) is 30.2 Å². The Morgan fingerprint density at radius 2 is 2.00 bits per heavy atom. The average molecular weight is 240 g/mol. The van der Waals surface area contributed by atoms with Crippen LogP contribution in [0.5, 0.6) is 0 Å². The zero-order valence-electron chi connectivity index (χ0n) is 8.96. The first-order chi connectivity index (χ1) is 7.98. The van der Waals surface area contributed by atoms with Gasteiger partial charge in [0.05, 0.1) is 5.56 Å². The molecule has 1 aromatic carbocycles. The molecule has 17 heavy (non-hydrogen) atoms. The van der Waals surface area contributed by atoms with Gasteiger partial charge in [0.15, 0.2) is 0 Å². The predicted octanol–water partition coefficient (Wildman–Crippen LogP) is 3.15. The Labute approximate surface area is 96.7 Å². The van der Waals surface area contributed by atoms with Crippen molar-refractivity contribution in [1.82, 2.24) is 0 Å². The summed E-state index contributed by atoms with van der Waals surface area (Å²) in [5.74, 6) is 0. The number of benzene rings is 1. The van der Waals surface area contributed by atoms with Crippen molar-refractivity contribution >= 4 is 17.5 Å². The maximum atomic E-state index is 12.5. The van der Waals surface area contributed by atoms with Crippen LogP contribution in [-0.2, 0) is 6.18 Å². The maximum absolute atomic E-state index is 12.5. The van der Waals surface area contributed by atoms with E-state index in [1.54, 1.807) is 12.3 Å². The van der Waals surface area contributed by atoms with Crippen LogP contribution in [-0.4, -0.2) is 12.8 Å². The fourth-order valence-electron chi connectivity index (χ4n) is 1.74. The molecule has 0 aliphatic carbocycles. The van der Waals surface area contributed by atoms with Crippen LogP contribution in [0.4, 0.5) is 18.9 Å². The summed E-state index contributed by atoms with van der Waals surface area (Å²) in [7, 11) is 0. The van der Waals surface area contributed by atoms with Crippen molar-refractivity contribution in [2.45, 2.75) is 12.6 Å². The first-order valence-corrected chi connectivity index (χ1v) is 5.14. The number of aliphatic imine (C=N–C) groups is 1. The van der Waals surface area contributed by atoms with Gasteiger partial charge in [-0.15, -0.1) is 0 Å². The molecule has 0 saturated heterocycles. The van der Waals surface area contributed by atoms with Crippen molar-refractivity contribution in [3.05, 3.63) is 35.4 Å². The molecule has 2 nitrogen and oxygen atoms in total. The minimum Gasteiger partial charge on any atom is -0.398 e. The van der Waals surface area contributed by atoms with E-state index in [2.05, 4.69) is 4.99 Å². The molecule has 0 atom stereocenters. The molecule has 5 heteroatoms. The van der Waals surface area contributed by atoms with Gasteiger partial charge in [-0.3, -0.25) is 4.99 Å². The number of anilines is 1. The molecule has 0 fully saturated rings. The lowest BCUT2D eigenvalue weighted by atomic mass is 9.98. The number of hydrogen-bond acceptors (Lipinski definition) is 2.